The van der Waals surface area contributed by atoms with Crippen molar-refractivity contribution in [1.82, 2.24) is 0 Å². The van der Waals surface area contributed by atoms with Crippen molar-refractivity contribution in [2.24, 2.45) is 0 Å². The molecule has 0 aromatic carbocycles. The van der Waals surface area contributed by atoms with Crippen molar-refractivity contribution in [3.63, 3.8) is 0 Å². The maximum Gasteiger partial charge on any atom is 0.365 e. The predicted molar refractivity (Wildman–Crippen MR) is 48.7 cm³/mol. The number of rotatable bonds is 1. The Bertz CT molecular complexity index is 297. The summed E-state index contributed by atoms with van der Waals surface area (Å²) in [6.07, 6.45) is 4.72. The van der Waals surface area contributed by atoms with E-state index in [0.29, 0.717) is 0 Å². The van der Waals surface area contributed by atoms with Crippen molar-refractivity contribution in [2.45, 2.75) is 37.6 Å². The van der Waals surface area contributed by atoms with Gasteiger partial charge in [-0.15, -0.1) is 0 Å². The Kier molecular flexibility index (Phi) is 5.15. The summed E-state index contributed by atoms with van der Waals surface area (Å²) in [5.41, 5.74) is 3.07. The van der Waals surface area contributed by atoms with E-state index in [9.17, 15) is 4.79 Å². The van der Waals surface area contributed by atoms with Crippen LogP contribution in [-0.4, -0.2) is 34.1 Å². The summed E-state index contributed by atoms with van der Waals surface area (Å²) in [4.78, 5) is 10.6. The van der Waals surface area contributed by atoms with Crippen molar-refractivity contribution in [1.29, 1.82) is 0 Å². The molecule has 1 aliphatic rings. The fourth-order valence-electron chi connectivity index (χ4n) is 1.44. The fraction of sp³-hybridized carbons (Fsp3) is 0.857. The van der Waals surface area contributed by atoms with Gasteiger partial charge in [0, 0.05) is 12.8 Å². The highest BCUT2D eigenvalue weighted by atomic mass is 32.3. The summed E-state index contributed by atoms with van der Waals surface area (Å²) in [6.45, 7) is 0. The summed E-state index contributed by atoms with van der Waals surface area (Å²) in [6, 6.07) is 0. The van der Waals surface area contributed by atoms with Gasteiger partial charge in [0.05, 0.1) is 0 Å². The average Bonchev–Trinajstić information content (AvgIpc) is 2.02. The molecule has 0 saturated heterocycles. The maximum atomic E-state index is 10.6. The van der Waals surface area contributed by atoms with E-state index in [2.05, 4.69) is 5.73 Å². The number of hydrogen-bond acceptors (Lipinski definition) is 4. The normalized spacial score (nSPS) is 19.9. The molecule has 1 fully saturated rings. The monoisotopic (exact) mass is 241 g/mol. The van der Waals surface area contributed by atoms with E-state index in [4.69, 9.17) is 22.6 Å². The van der Waals surface area contributed by atoms with Crippen molar-refractivity contribution >= 4 is 16.4 Å². The molecular weight excluding hydrogens is 226 g/mol. The van der Waals surface area contributed by atoms with E-state index in [-0.39, 0.29) is 0 Å². The number of carbonyl (C=O) groups is 1. The number of quaternary nitrogens is 1. The minimum Gasteiger partial charge on any atom is -0.726 e. The molecule has 1 rings (SSSR count). The van der Waals surface area contributed by atoms with Gasteiger partial charge in [0.25, 0.3) is 0 Å². The second kappa shape index (κ2) is 5.40. The highest BCUT2D eigenvalue weighted by Gasteiger charge is 2.39. The quantitative estimate of drug-likeness (QED) is 0.397. The fourth-order valence-corrected chi connectivity index (χ4v) is 1.44. The first-order chi connectivity index (χ1) is 6.65. The van der Waals surface area contributed by atoms with Crippen LogP contribution >= 0.6 is 0 Å². The zero-order chi connectivity index (χ0) is 12.1. The molecule has 0 heterocycles. The summed E-state index contributed by atoms with van der Waals surface area (Å²) >= 11 is 0. The molecule has 0 aromatic rings. The molecule has 0 spiro atoms. The maximum absolute atomic E-state index is 10.6. The van der Waals surface area contributed by atoms with Crippen molar-refractivity contribution in [3.05, 3.63) is 0 Å². The Morgan fingerprint density at radius 2 is 1.60 bits per heavy atom. The molecule has 8 heteroatoms. The van der Waals surface area contributed by atoms with Crippen LogP contribution in [0, 0.1) is 0 Å². The zero-order valence-corrected chi connectivity index (χ0v) is 8.99. The van der Waals surface area contributed by atoms with Gasteiger partial charge < -0.3 is 15.4 Å². The van der Waals surface area contributed by atoms with Gasteiger partial charge in [0.1, 0.15) is 0 Å². The summed E-state index contributed by atoms with van der Waals surface area (Å²) in [5.74, 6) is -0.729. The molecule has 1 aliphatic carbocycles. The topological polar surface area (TPSA) is 142 Å². The highest BCUT2D eigenvalue weighted by molar-refractivity contribution is 7.79. The molecule has 0 aliphatic heterocycles. The SMILES string of the molecule is O=S(=O)([O-])O.[NH3+]C1(C(=O)O)CCCCC1. The number of carboxylic acid groups (broad SMARTS) is 1. The van der Waals surface area contributed by atoms with Gasteiger partial charge in [-0.1, -0.05) is 6.42 Å². The second-order valence-electron chi connectivity index (χ2n) is 3.57. The van der Waals surface area contributed by atoms with E-state index < -0.39 is 21.9 Å². The molecule has 0 unspecified atom stereocenters. The lowest BCUT2D eigenvalue weighted by Crippen LogP contribution is -2.77. The molecule has 90 valence electrons. The second-order valence-corrected chi connectivity index (χ2v) is 4.43. The smallest absolute Gasteiger partial charge is 0.365 e. The average molecular weight is 241 g/mol. The molecule has 15 heavy (non-hydrogen) atoms. The lowest BCUT2D eigenvalue weighted by atomic mass is 9.83. The first-order valence-electron chi connectivity index (χ1n) is 4.42. The van der Waals surface area contributed by atoms with Gasteiger partial charge in [-0.25, -0.2) is 13.2 Å². The van der Waals surface area contributed by atoms with Gasteiger partial charge >= 0.3 is 5.97 Å². The molecule has 0 atom stereocenters. The number of hydrogen-bond donors (Lipinski definition) is 3. The molecule has 0 radical (unpaired) electrons. The van der Waals surface area contributed by atoms with E-state index in [1.54, 1.807) is 0 Å². The number of aliphatic carboxylic acids is 1. The first kappa shape index (κ1) is 14.3. The van der Waals surface area contributed by atoms with Crippen LogP contribution in [0.25, 0.3) is 0 Å². The van der Waals surface area contributed by atoms with Crippen LogP contribution in [0.1, 0.15) is 32.1 Å². The van der Waals surface area contributed by atoms with Crippen LogP contribution in [0.5, 0.6) is 0 Å². The number of carboxylic acids is 1. The Balaban J connectivity index is 0.000000336. The van der Waals surface area contributed by atoms with Gasteiger partial charge in [0.2, 0.25) is 10.4 Å². The van der Waals surface area contributed by atoms with Gasteiger partial charge in [-0.2, -0.15) is 0 Å². The van der Waals surface area contributed by atoms with E-state index >= 15 is 0 Å². The summed E-state index contributed by atoms with van der Waals surface area (Å²) in [7, 11) is -4.92. The van der Waals surface area contributed by atoms with E-state index in [0.717, 1.165) is 25.7 Å². The molecule has 0 aromatic heterocycles. The van der Waals surface area contributed by atoms with Crippen LogP contribution in [0.3, 0.4) is 0 Å². The Morgan fingerprint density at radius 1 is 1.27 bits per heavy atom. The van der Waals surface area contributed by atoms with E-state index in [1.807, 2.05) is 0 Å². The Morgan fingerprint density at radius 3 is 1.80 bits per heavy atom. The molecule has 5 N–H and O–H groups in total. The van der Waals surface area contributed by atoms with Crippen LogP contribution in [-0.2, 0) is 15.2 Å². The molecule has 1 saturated carbocycles. The van der Waals surface area contributed by atoms with Gasteiger partial charge in [0.15, 0.2) is 5.54 Å². The minimum absolute atomic E-state index is 0.655. The molecule has 7 nitrogen and oxygen atoms in total. The van der Waals surface area contributed by atoms with Crippen LogP contribution < -0.4 is 5.73 Å². The Hall–Kier alpha value is -0.700. The molecule has 0 bridgehead atoms. The van der Waals surface area contributed by atoms with Crippen LogP contribution in [0.4, 0.5) is 0 Å². The first-order valence-corrected chi connectivity index (χ1v) is 5.79. The molecular formula is C7H15NO6S. The zero-order valence-electron chi connectivity index (χ0n) is 8.18. The van der Waals surface area contributed by atoms with Crippen LogP contribution in [0.2, 0.25) is 0 Å². The van der Waals surface area contributed by atoms with Gasteiger partial charge in [-0.3, -0.25) is 4.55 Å². The predicted octanol–water partition coefficient (Wildman–Crippen LogP) is -0.980. The van der Waals surface area contributed by atoms with Crippen molar-refractivity contribution in [2.75, 3.05) is 0 Å². The van der Waals surface area contributed by atoms with Crippen LogP contribution in [0.15, 0.2) is 0 Å². The standard InChI is InChI=1S/C7H13NO2.H2O4S/c8-7(6(9)10)4-2-1-3-5-7;1-5(2,3)4/h1-5,8H2,(H,9,10);(H2,1,2,3,4). The summed E-state index contributed by atoms with van der Waals surface area (Å²) < 4.78 is 32.8. The Labute approximate surface area is 87.9 Å². The summed E-state index contributed by atoms with van der Waals surface area (Å²) in [5, 5.41) is 8.74. The van der Waals surface area contributed by atoms with Crippen molar-refractivity contribution < 1.29 is 33.2 Å². The molecule has 0 amide bonds. The lowest BCUT2D eigenvalue weighted by molar-refractivity contribution is -0.468. The largest absolute Gasteiger partial charge is 0.726 e. The van der Waals surface area contributed by atoms with Gasteiger partial charge in [-0.05, 0) is 12.8 Å². The van der Waals surface area contributed by atoms with E-state index in [1.165, 1.54) is 6.42 Å². The lowest BCUT2D eigenvalue weighted by Gasteiger charge is -2.24. The minimum atomic E-state index is -4.92. The highest BCUT2D eigenvalue weighted by Crippen LogP contribution is 2.23. The third kappa shape index (κ3) is 7.25. The third-order valence-corrected chi connectivity index (χ3v) is 2.26. The van der Waals surface area contributed by atoms with Crippen molar-refractivity contribution in [3.8, 4) is 0 Å². The third-order valence-electron chi connectivity index (χ3n) is 2.26.